The van der Waals surface area contributed by atoms with Crippen LogP contribution in [0.2, 0.25) is 10.0 Å². The highest BCUT2D eigenvalue weighted by molar-refractivity contribution is 6.33. The molecule has 0 bridgehead atoms. The zero-order valence-electron chi connectivity index (χ0n) is 17.0. The van der Waals surface area contributed by atoms with Crippen LogP contribution in [0.3, 0.4) is 0 Å². The van der Waals surface area contributed by atoms with Crippen molar-refractivity contribution in [3.05, 3.63) is 58.1 Å². The Labute approximate surface area is 186 Å². The van der Waals surface area contributed by atoms with E-state index in [4.69, 9.17) is 27.9 Å². The predicted octanol–water partition coefficient (Wildman–Crippen LogP) is 4.18. The van der Waals surface area contributed by atoms with Gasteiger partial charge in [-0.15, -0.1) is 0 Å². The van der Waals surface area contributed by atoms with E-state index in [0.717, 1.165) is 13.0 Å². The van der Waals surface area contributed by atoms with Gasteiger partial charge in [-0.3, -0.25) is 14.5 Å². The molecule has 1 unspecified atom stereocenters. The van der Waals surface area contributed by atoms with Gasteiger partial charge in [-0.05, 0) is 43.7 Å². The Morgan fingerprint density at radius 2 is 1.80 bits per heavy atom. The summed E-state index contributed by atoms with van der Waals surface area (Å²) >= 11 is 12.3. The van der Waals surface area contributed by atoms with Crippen LogP contribution < -0.4 is 10.1 Å². The zero-order chi connectivity index (χ0) is 21.7. The molecule has 0 saturated carbocycles. The van der Waals surface area contributed by atoms with Gasteiger partial charge in [-0.25, -0.2) is 0 Å². The molecule has 30 heavy (non-hydrogen) atoms. The summed E-state index contributed by atoms with van der Waals surface area (Å²) in [6, 6.07) is 11.9. The maximum atomic E-state index is 12.8. The molecule has 1 aliphatic heterocycles. The quantitative estimate of drug-likeness (QED) is 0.743. The van der Waals surface area contributed by atoms with E-state index >= 15 is 0 Å². The summed E-state index contributed by atoms with van der Waals surface area (Å²) in [4.78, 5) is 29.5. The maximum absolute atomic E-state index is 12.8. The normalized spacial score (nSPS) is 15.9. The van der Waals surface area contributed by atoms with Crippen molar-refractivity contribution in [1.82, 2.24) is 9.80 Å². The summed E-state index contributed by atoms with van der Waals surface area (Å²) in [6.45, 7) is 4.36. The number of anilines is 1. The van der Waals surface area contributed by atoms with Crippen LogP contribution >= 0.6 is 23.2 Å². The van der Waals surface area contributed by atoms with E-state index in [-0.39, 0.29) is 17.9 Å². The summed E-state index contributed by atoms with van der Waals surface area (Å²) in [5, 5.41) is 3.79. The standard InChI is InChI=1S/C22H25Cl2N3O3/c1-15(21(28)25-16-8-9-20(30-2)19(24)14-16)26-10-5-11-27(13-12-26)22(29)17-6-3-4-7-18(17)23/h3-4,6-9,14-15H,5,10-13H2,1-2H3,(H,25,28). The predicted molar refractivity (Wildman–Crippen MR) is 120 cm³/mol. The smallest absolute Gasteiger partial charge is 0.255 e. The lowest BCUT2D eigenvalue weighted by Crippen LogP contribution is -2.44. The van der Waals surface area contributed by atoms with Crippen molar-refractivity contribution in [2.24, 2.45) is 0 Å². The molecular weight excluding hydrogens is 425 g/mol. The molecule has 2 amide bonds. The second-order valence-electron chi connectivity index (χ2n) is 7.18. The van der Waals surface area contributed by atoms with Crippen molar-refractivity contribution in [3.63, 3.8) is 0 Å². The number of halogens is 2. The van der Waals surface area contributed by atoms with Gasteiger partial charge in [-0.2, -0.15) is 0 Å². The average Bonchev–Trinajstić information content (AvgIpc) is 2.99. The summed E-state index contributed by atoms with van der Waals surface area (Å²) in [5.74, 6) is 0.355. The number of carbonyl (C=O) groups excluding carboxylic acids is 2. The molecule has 3 rings (SSSR count). The molecule has 8 heteroatoms. The number of ether oxygens (including phenoxy) is 1. The van der Waals surface area contributed by atoms with Crippen LogP contribution in [0.1, 0.15) is 23.7 Å². The molecule has 1 N–H and O–H groups in total. The second-order valence-corrected chi connectivity index (χ2v) is 7.99. The molecular formula is C22H25Cl2N3O3. The number of hydrogen-bond donors (Lipinski definition) is 1. The number of nitrogens with zero attached hydrogens (tertiary/aromatic N) is 2. The third-order valence-electron chi connectivity index (χ3n) is 5.27. The molecule has 6 nitrogen and oxygen atoms in total. The van der Waals surface area contributed by atoms with Crippen molar-refractivity contribution in [1.29, 1.82) is 0 Å². The summed E-state index contributed by atoms with van der Waals surface area (Å²) in [6.07, 6.45) is 0.780. The number of hydrogen-bond acceptors (Lipinski definition) is 4. The Morgan fingerprint density at radius 3 is 2.50 bits per heavy atom. The summed E-state index contributed by atoms with van der Waals surface area (Å²) in [7, 11) is 1.54. The molecule has 1 heterocycles. The Morgan fingerprint density at radius 1 is 1.03 bits per heavy atom. The van der Waals surface area contributed by atoms with Gasteiger partial charge >= 0.3 is 0 Å². The Hall–Kier alpha value is -2.28. The Balaban J connectivity index is 1.60. The van der Waals surface area contributed by atoms with Gasteiger partial charge in [0.1, 0.15) is 5.75 Å². The SMILES string of the molecule is COc1ccc(NC(=O)C(C)N2CCCN(C(=O)c3ccccc3Cl)CC2)cc1Cl. The number of rotatable bonds is 5. The Kier molecular flexibility index (Phi) is 7.58. The van der Waals surface area contributed by atoms with Crippen LogP contribution in [0.15, 0.2) is 42.5 Å². The van der Waals surface area contributed by atoms with Crippen molar-refractivity contribution in [2.75, 3.05) is 38.6 Å². The molecule has 0 aliphatic carbocycles. The van der Waals surface area contributed by atoms with Crippen LogP contribution in [0.25, 0.3) is 0 Å². The number of carbonyl (C=O) groups is 2. The molecule has 0 radical (unpaired) electrons. The summed E-state index contributed by atoms with van der Waals surface area (Å²) < 4.78 is 5.14. The lowest BCUT2D eigenvalue weighted by Gasteiger charge is -2.27. The first-order valence-electron chi connectivity index (χ1n) is 9.83. The minimum atomic E-state index is -0.346. The zero-order valence-corrected chi connectivity index (χ0v) is 18.5. The number of methoxy groups -OCH3 is 1. The van der Waals surface area contributed by atoms with Crippen molar-refractivity contribution in [3.8, 4) is 5.75 Å². The van der Waals surface area contributed by atoms with E-state index in [1.807, 2.05) is 6.92 Å². The largest absolute Gasteiger partial charge is 0.495 e. The molecule has 1 aliphatic rings. The van der Waals surface area contributed by atoms with Gasteiger partial charge in [-0.1, -0.05) is 35.3 Å². The van der Waals surface area contributed by atoms with Gasteiger partial charge in [0.25, 0.3) is 5.91 Å². The first-order chi connectivity index (χ1) is 14.4. The van der Waals surface area contributed by atoms with E-state index < -0.39 is 0 Å². The second kappa shape index (κ2) is 10.2. The minimum absolute atomic E-state index is 0.0765. The van der Waals surface area contributed by atoms with E-state index in [2.05, 4.69) is 10.2 Å². The molecule has 0 spiro atoms. The fraction of sp³-hybridized carbons (Fsp3) is 0.364. The molecule has 1 fully saturated rings. The fourth-order valence-electron chi connectivity index (χ4n) is 3.49. The highest BCUT2D eigenvalue weighted by Crippen LogP contribution is 2.27. The number of benzene rings is 2. The first kappa shape index (κ1) is 22.4. The molecule has 2 aromatic rings. The maximum Gasteiger partial charge on any atom is 0.255 e. The van der Waals surface area contributed by atoms with E-state index in [9.17, 15) is 9.59 Å². The van der Waals surface area contributed by atoms with Crippen molar-refractivity contribution in [2.45, 2.75) is 19.4 Å². The monoisotopic (exact) mass is 449 g/mol. The van der Waals surface area contributed by atoms with E-state index in [0.29, 0.717) is 46.7 Å². The molecule has 1 saturated heterocycles. The molecule has 160 valence electrons. The van der Waals surface area contributed by atoms with Crippen molar-refractivity contribution >= 4 is 40.7 Å². The van der Waals surface area contributed by atoms with Crippen molar-refractivity contribution < 1.29 is 14.3 Å². The van der Waals surface area contributed by atoms with Crippen LogP contribution in [0.4, 0.5) is 5.69 Å². The van der Waals surface area contributed by atoms with Crippen LogP contribution in [-0.4, -0.2) is 60.9 Å². The summed E-state index contributed by atoms with van der Waals surface area (Å²) in [5.41, 5.74) is 1.12. The highest BCUT2D eigenvalue weighted by Gasteiger charge is 2.27. The van der Waals surface area contributed by atoms with E-state index in [1.54, 1.807) is 54.5 Å². The topological polar surface area (TPSA) is 61.9 Å². The van der Waals surface area contributed by atoms with Gasteiger partial charge < -0.3 is 15.0 Å². The third-order valence-corrected chi connectivity index (χ3v) is 5.89. The Bertz CT molecular complexity index is 922. The third kappa shape index (κ3) is 5.25. The highest BCUT2D eigenvalue weighted by atomic mass is 35.5. The number of amides is 2. The van der Waals surface area contributed by atoms with Gasteiger partial charge in [0.2, 0.25) is 5.91 Å². The first-order valence-corrected chi connectivity index (χ1v) is 10.6. The van der Waals surface area contributed by atoms with Crippen LogP contribution in [-0.2, 0) is 4.79 Å². The molecule has 0 aromatic heterocycles. The van der Waals surface area contributed by atoms with Crippen LogP contribution in [0, 0.1) is 0 Å². The van der Waals surface area contributed by atoms with Gasteiger partial charge in [0, 0.05) is 31.9 Å². The average molecular weight is 450 g/mol. The van der Waals surface area contributed by atoms with Crippen LogP contribution in [0.5, 0.6) is 5.75 Å². The number of nitrogens with one attached hydrogen (secondary N) is 1. The fourth-order valence-corrected chi connectivity index (χ4v) is 3.96. The minimum Gasteiger partial charge on any atom is -0.495 e. The lowest BCUT2D eigenvalue weighted by atomic mass is 10.2. The molecule has 2 aromatic carbocycles. The molecule has 1 atom stereocenters. The van der Waals surface area contributed by atoms with Gasteiger partial charge in [0.05, 0.1) is 28.8 Å². The lowest BCUT2D eigenvalue weighted by molar-refractivity contribution is -0.120. The van der Waals surface area contributed by atoms with E-state index in [1.165, 1.54) is 0 Å². The van der Waals surface area contributed by atoms with Gasteiger partial charge in [0.15, 0.2) is 0 Å².